The number of carbonyl (C=O) groups excluding carboxylic acids is 1. The molecule has 1 unspecified atom stereocenters. The third kappa shape index (κ3) is 6.14. The van der Waals surface area contributed by atoms with E-state index in [1.54, 1.807) is 6.07 Å². The van der Waals surface area contributed by atoms with E-state index in [1.807, 2.05) is 25.1 Å². The average molecular weight is 613 g/mol. The van der Waals surface area contributed by atoms with Crippen molar-refractivity contribution in [1.29, 1.82) is 0 Å². The molecule has 42 heavy (non-hydrogen) atoms. The Kier molecular flexibility index (Phi) is 8.96. The Balaban J connectivity index is 1.42. The summed E-state index contributed by atoms with van der Waals surface area (Å²) in [6.45, 7) is 4.42. The number of thiol groups is 1. The van der Waals surface area contributed by atoms with Crippen molar-refractivity contribution in [2.24, 2.45) is 22.1 Å². The van der Waals surface area contributed by atoms with Gasteiger partial charge in [-0.3, -0.25) is 9.00 Å². The Morgan fingerprint density at radius 3 is 2.93 bits per heavy atom. The standard InChI is InChI=1S/C33H41ClN2O5S/c1-22-4-2-6-30(40-15-14-37)27-10-7-25(27)18-36-20-33(13-3-5-23-16-26(34)9-11-28(23)33)21-41-31-12-8-24(17-29(31)36)32(38)35-42(39)19-22/h2,6,8-9,11-12,16-17,22,25,27,30,37,42H,3-5,7,10,13-15,18-21H2,1H3/b6-2+/t22-,25-,27+,30-,33-/m0/s1. The van der Waals surface area contributed by atoms with Crippen LogP contribution >= 0.6 is 11.6 Å². The molecule has 0 radical (unpaired) electrons. The molecular formula is C33H41ClN2O5S. The lowest BCUT2D eigenvalue weighted by molar-refractivity contribution is -0.0258. The van der Waals surface area contributed by atoms with Crippen LogP contribution in [0.5, 0.6) is 5.75 Å². The molecule has 2 aliphatic carbocycles. The number of anilines is 1. The summed E-state index contributed by atoms with van der Waals surface area (Å²) in [6.07, 6.45) is 10.1. The first kappa shape index (κ1) is 29.7. The highest BCUT2D eigenvalue weighted by molar-refractivity contribution is 7.75. The molecule has 1 amide bonds. The Morgan fingerprint density at radius 2 is 2.12 bits per heavy atom. The third-order valence-corrected chi connectivity index (χ3v) is 11.1. The molecule has 2 aromatic rings. The molecule has 1 fully saturated rings. The lowest BCUT2D eigenvalue weighted by Gasteiger charge is -2.46. The highest BCUT2D eigenvalue weighted by Crippen LogP contribution is 2.47. The number of benzene rings is 2. The number of aliphatic hydroxyl groups is 1. The minimum Gasteiger partial charge on any atom is -0.490 e. The van der Waals surface area contributed by atoms with E-state index in [4.69, 9.17) is 21.1 Å². The number of fused-ring (bicyclic) bond motifs is 4. The molecular weight excluding hydrogens is 572 g/mol. The maximum Gasteiger partial charge on any atom is 0.284 e. The van der Waals surface area contributed by atoms with Crippen LogP contribution in [0.15, 0.2) is 52.9 Å². The maximum atomic E-state index is 13.2. The maximum absolute atomic E-state index is 13.2. The number of aryl methyl sites for hydroxylation is 1. The fourth-order valence-electron chi connectivity index (χ4n) is 7.28. The Hall–Kier alpha value is -2.39. The summed E-state index contributed by atoms with van der Waals surface area (Å²) in [5, 5.41) is 10.3. The normalized spacial score (nSPS) is 32.4. The van der Waals surface area contributed by atoms with Crippen LogP contribution in [0.2, 0.25) is 5.02 Å². The van der Waals surface area contributed by atoms with E-state index in [0.717, 1.165) is 68.1 Å². The highest BCUT2D eigenvalue weighted by atomic mass is 35.5. The zero-order chi connectivity index (χ0) is 29.3. The molecule has 2 aliphatic heterocycles. The first-order valence-electron chi connectivity index (χ1n) is 15.3. The van der Waals surface area contributed by atoms with Crippen LogP contribution in [-0.4, -0.2) is 60.0 Å². The third-order valence-electron chi connectivity index (χ3n) is 9.57. The quantitative estimate of drug-likeness (QED) is 0.346. The molecule has 6 rings (SSSR count). The Morgan fingerprint density at radius 1 is 1.24 bits per heavy atom. The van der Waals surface area contributed by atoms with Gasteiger partial charge in [-0.15, -0.1) is 0 Å². The Labute approximate surface area is 255 Å². The van der Waals surface area contributed by atoms with Gasteiger partial charge in [0, 0.05) is 45.4 Å². The van der Waals surface area contributed by atoms with Crippen molar-refractivity contribution in [1.82, 2.24) is 0 Å². The first-order valence-corrected chi connectivity index (χ1v) is 17.0. The van der Waals surface area contributed by atoms with Gasteiger partial charge in [0.2, 0.25) is 0 Å². The van der Waals surface area contributed by atoms with Crippen molar-refractivity contribution in [3.63, 3.8) is 0 Å². The molecule has 1 N–H and O–H groups in total. The molecule has 7 nitrogen and oxygen atoms in total. The fourth-order valence-corrected chi connectivity index (χ4v) is 8.56. The van der Waals surface area contributed by atoms with Gasteiger partial charge in [0.1, 0.15) is 5.75 Å². The zero-order valence-corrected chi connectivity index (χ0v) is 25.9. The number of ether oxygens (including phenoxy) is 2. The smallest absolute Gasteiger partial charge is 0.284 e. The summed E-state index contributed by atoms with van der Waals surface area (Å²) in [7, 11) is -2.02. The molecule has 4 aliphatic rings. The van der Waals surface area contributed by atoms with Gasteiger partial charge in [-0.25, -0.2) is 0 Å². The topological polar surface area (TPSA) is 88.4 Å². The summed E-state index contributed by atoms with van der Waals surface area (Å²) in [5.74, 6) is 1.50. The van der Waals surface area contributed by atoms with Gasteiger partial charge >= 0.3 is 0 Å². The van der Waals surface area contributed by atoms with Crippen molar-refractivity contribution in [3.05, 3.63) is 70.3 Å². The van der Waals surface area contributed by atoms with Crippen LogP contribution in [0.25, 0.3) is 0 Å². The van der Waals surface area contributed by atoms with Crippen LogP contribution in [0, 0.1) is 17.8 Å². The van der Waals surface area contributed by atoms with E-state index >= 15 is 0 Å². The van der Waals surface area contributed by atoms with Gasteiger partial charge in [0.05, 0.1) is 31.6 Å². The number of carbonyl (C=O) groups is 1. The van der Waals surface area contributed by atoms with E-state index in [2.05, 4.69) is 33.5 Å². The van der Waals surface area contributed by atoms with E-state index in [0.29, 0.717) is 36.4 Å². The molecule has 0 saturated heterocycles. The van der Waals surface area contributed by atoms with Crippen molar-refractivity contribution in [3.8, 4) is 5.75 Å². The number of aliphatic hydroxyl groups excluding tert-OH is 1. The second-order valence-corrected chi connectivity index (χ2v) is 14.3. The summed E-state index contributed by atoms with van der Waals surface area (Å²) < 4.78 is 29.7. The number of allylic oxidation sites excluding steroid dienone is 1. The second-order valence-electron chi connectivity index (χ2n) is 12.6. The van der Waals surface area contributed by atoms with E-state index in [-0.39, 0.29) is 24.0 Å². The average Bonchev–Trinajstić information content (AvgIpc) is 3.10. The number of halogens is 1. The lowest BCUT2D eigenvalue weighted by atomic mass is 9.68. The van der Waals surface area contributed by atoms with Crippen molar-refractivity contribution in [2.45, 2.75) is 57.0 Å². The summed E-state index contributed by atoms with van der Waals surface area (Å²) in [4.78, 5) is 15.6. The minimum absolute atomic E-state index is 0.0142. The van der Waals surface area contributed by atoms with Gasteiger partial charge < -0.3 is 19.5 Å². The van der Waals surface area contributed by atoms with E-state index in [9.17, 15) is 14.1 Å². The monoisotopic (exact) mass is 612 g/mol. The van der Waals surface area contributed by atoms with Gasteiger partial charge in [-0.2, -0.15) is 4.36 Å². The minimum atomic E-state index is -2.02. The van der Waals surface area contributed by atoms with Crippen molar-refractivity contribution >= 4 is 33.8 Å². The van der Waals surface area contributed by atoms with E-state index in [1.165, 1.54) is 11.1 Å². The largest absolute Gasteiger partial charge is 0.490 e. The van der Waals surface area contributed by atoms with Crippen LogP contribution in [-0.2, 0) is 27.2 Å². The molecule has 0 aromatic heterocycles. The lowest BCUT2D eigenvalue weighted by Crippen LogP contribution is -2.49. The molecule has 2 aromatic carbocycles. The summed E-state index contributed by atoms with van der Waals surface area (Å²) >= 11 is 6.41. The van der Waals surface area contributed by atoms with E-state index < -0.39 is 16.5 Å². The molecule has 2 heterocycles. The summed E-state index contributed by atoms with van der Waals surface area (Å²) in [5.41, 5.74) is 3.70. The predicted molar refractivity (Wildman–Crippen MR) is 167 cm³/mol. The molecule has 6 atom stereocenters. The summed E-state index contributed by atoms with van der Waals surface area (Å²) in [6, 6.07) is 11.8. The molecule has 2 bridgehead atoms. The SMILES string of the molecule is C[C@H]1C/C=C/[C@H](OCCO)[C@@H]2CC[C@H]2CN2C[C@@]3(CCCc4cc(Cl)ccc43)COc3ccc(cc32)C(=O)/N=[SH](=O)\C1. The number of rotatable bonds is 3. The van der Waals surface area contributed by atoms with Crippen LogP contribution in [0.3, 0.4) is 0 Å². The second kappa shape index (κ2) is 12.7. The molecule has 9 heteroatoms. The number of hydrogen-bond donors (Lipinski definition) is 2. The number of nitrogens with zero attached hydrogens (tertiary/aromatic N) is 2. The van der Waals surface area contributed by atoms with Crippen LogP contribution in [0.4, 0.5) is 5.69 Å². The van der Waals surface area contributed by atoms with Gasteiger partial charge in [-0.1, -0.05) is 36.7 Å². The number of hydrogen-bond acceptors (Lipinski definition) is 6. The zero-order valence-electron chi connectivity index (χ0n) is 24.2. The van der Waals surface area contributed by atoms with Gasteiger partial charge in [0.15, 0.2) is 0 Å². The van der Waals surface area contributed by atoms with Crippen molar-refractivity contribution in [2.75, 3.05) is 43.6 Å². The van der Waals surface area contributed by atoms with Gasteiger partial charge in [-0.05, 0) is 97.7 Å². The van der Waals surface area contributed by atoms with Gasteiger partial charge in [0.25, 0.3) is 5.91 Å². The molecule has 226 valence electrons. The molecule has 1 spiro atoms. The first-order chi connectivity index (χ1) is 20.3. The highest BCUT2D eigenvalue weighted by Gasteiger charge is 2.44. The predicted octanol–water partition coefficient (Wildman–Crippen LogP) is 5.62. The van der Waals surface area contributed by atoms with Crippen LogP contribution < -0.4 is 9.64 Å². The number of amides is 1. The fraction of sp³-hybridized carbons (Fsp3) is 0.545. The van der Waals surface area contributed by atoms with Crippen molar-refractivity contribution < 1.29 is 23.6 Å². The van der Waals surface area contributed by atoms with Crippen LogP contribution in [0.1, 0.15) is 60.5 Å². The Bertz CT molecular complexity index is 1440. The molecule has 1 saturated carbocycles.